The lowest BCUT2D eigenvalue weighted by Gasteiger charge is -2.24. The fourth-order valence-corrected chi connectivity index (χ4v) is 3.41. The van der Waals surface area contributed by atoms with Crippen molar-refractivity contribution >= 4 is 17.5 Å². The van der Waals surface area contributed by atoms with Gasteiger partial charge in [0.15, 0.2) is 0 Å². The lowest BCUT2D eigenvalue weighted by atomic mass is 10.0. The van der Waals surface area contributed by atoms with E-state index in [0.717, 1.165) is 35.2 Å². The van der Waals surface area contributed by atoms with E-state index in [9.17, 15) is 9.59 Å². The van der Waals surface area contributed by atoms with Crippen molar-refractivity contribution in [1.29, 1.82) is 0 Å². The summed E-state index contributed by atoms with van der Waals surface area (Å²) in [5, 5.41) is 3.05. The van der Waals surface area contributed by atoms with Gasteiger partial charge in [-0.25, -0.2) is 0 Å². The van der Waals surface area contributed by atoms with Crippen molar-refractivity contribution in [3.8, 4) is 0 Å². The van der Waals surface area contributed by atoms with E-state index in [-0.39, 0.29) is 11.8 Å². The van der Waals surface area contributed by atoms with Crippen molar-refractivity contribution in [2.45, 2.75) is 39.5 Å². The molecule has 1 heterocycles. The first kappa shape index (κ1) is 19.1. The Balaban J connectivity index is 1.67. The second-order valence-corrected chi connectivity index (χ2v) is 7.33. The van der Waals surface area contributed by atoms with Crippen molar-refractivity contribution in [1.82, 2.24) is 9.88 Å². The molecule has 5 nitrogen and oxygen atoms in total. The minimum Gasteiger partial charge on any atom is -0.344 e. The summed E-state index contributed by atoms with van der Waals surface area (Å²) < 4.78 is 0. The third-order valence-corrected chi connectivity index (χ3v) is 5.40. The predicted octanol–water partition coefficient (Wildman–Crippen LogP) is 3.37. The van der Waals surface area contributed by atoms with E-state index in [1.165, 1.54) is 0 Å². The number of para-hydroxylation sites is 1. The molecule has 0 atom stereocenters. The van der Waals surface area contributed by atoms with Crippen LogP contribution >= 0.6 is 0 Å². The Kier molecular flexibility index (Phi) is 5.59. The molecule has 0 aliphatic heterocycles. The van der Waals surface area contributed by atoms with Crippen LogP contribution in [0.15, 0.2) is 42.7 Å². The molecule has 2 amide bonds. The number of hydrogen-bond donors (Lipinski definition) is 1. The summed E-state index contributed by atoms with van der Waals surface area (Å²) >= 11 is 0. The Morgan fingerprint density at radius 2 is 1.89 bits per heavy atom. The van der Waals surface area contributed by atoms with Crippen molar-refractivity contribution in [2.75, 3.05) is 18.9 Å². The summed E-state index contributed by atoms with van der Waals surface area (Å²) in [6.07, 6.45) is 6.32. The van der Waals surface area contributed by atoms with Crippen LogP contribution in [0.4, 0.5) is 5.69 Å². The molecule has 142 valence electrons. The second-order valence-electron chi connectivity index (χ2n) is 7.33. The zero-order valence-electron chi connectivity index (χ0n) is 16.3. The molecular formula is C22H27N3O2. The summed E-state index contributed by atoms with van der Waals surface area (Å²) in [5.74, 6) is -0.257. The van der Waals surface area contributed by atoms with E-state index in [1.54, 1.807) is 24.3 Å². The Bertz CT molecular complexity index is 829. The molecule has 3 rings (SSSR count). The van der Waals surface area contributed by atoms with Crippen LogP contribution in [0.2, 0.25) is 0 Å². The highest BCUT2D eigenvalue weighted by Gasteiger charge is 2.57. The molecule has 0 bridgehead atoms. The number of carbonyl (C=O) groups is 2. The van der Waals surface area contributed by atoms with Crippen LogP contribution in [0.25, 0.3) is 0 Å². The fraction of sp³-hybridized carbons (Fsp3) is 0.409. The minimum atomic E-state index is -0.902. The van der Waals surface area contributed by atoms with Crippen molar-refractivity contribution in [3.63, 3.8) is 0 Å². The van der Waals surface area contributed by atoms with Crippen LogP contribution in [-0.2, 0) is 22.4 Å². The molecule has 0 unspecified atom stereocenters. The zero-order chi connectivity index (χ0) is 19.4. The smallest absolute Gasteiger partial charge is 0.240 e. The third-order valence-electron chi connectivity index (χ3n) is 5.40. The van der Waals surface area contributed by atoms with Gasteiger partial charge in [0.1, 0.15) is 5.41 Å². The number of aromatic nitrogens is 1. The first-order valence-electron chi connectivity index (χ1n) is 9.52. The van der Waals surface area contributed by atoms with Gasteiger partial charge in [0.2, 0.25) is 11.8 Å². The molecule has 5 heteroatoms. The van der Waals surface area contributed by atoms with E-state index >= 15 is 0 Å². The van der Waals surface area contributed by atoms with Gasteiger partial charge in [0.05, 0.1) is 0 Å². The highest BCUT2D eigenvalue weighted by Crippen LogP contribution is 2.48. The molecule has 1 saturated carbocycles. The number of hydrogen-bond acceptors (Lipinski definition) is 3. The summed E-state index contributed by atoms with van der Waals surface area (Å²) in [6, 6.07) is 9.89. The molecule has 1 fully saturated rings. The minimum absolute atomic E-state index is 0.0827. The van der Waals surface area contributed by atoms with Crippen LogP contribution < -0.4 is 5.32 Å². The summed E-state index contributed by atoms with van der Waals surface area (Å²) in [6.45, 7) is 4.63. The third kappa shape index (κ3) is 4.02. The summed E-state index contributed by atoms with van der Waals surface area (Å²) in [4.78, 5) is 31.6. The van der Waals surface area contributed by atoms with Crippen molar-refractivity contribution in [3.05, 3.63) is 59.4 Å². The molecule has 1 aliphatic carbocycles. The summed E-state index contributed by atoms with van der Waals surface area (Å²) in [5.41, 5.74) is 3.20. The standard InChI is InChI=1S/C22H27N3O2/c1-4-18-7-5-6-16(2)19(18)24-20(26)22(11-12-22)21(27)25(3)15-10-17-8-13-23-14-9-17/h5-9,13-14H,4,10-12,15H2,1-3H3,(H,24,26). The normalized spacial score (nSPS) is 14.5. The maximum Gasteiger partial charge on any atom is 0.240 e. The van der Waals surface area contributed by atoms with Crippen LogP contribution in [0.1, 0.15) is 36.5 Å². The topological polar surface area (TPSA) is 62.3 Å². The number of aryl methyl sites for hydroxylation is 2. The van der Waals surface area contributed by atoms with E-state index in [4.69, 9.17) is 0 Å². The van der Waals surface area contributed by atoms with Gasteiger partial charge in [-0.15, -0.1) is 0 Å². The number of benzene rings is 1. The quantitative estimate of drug-likeness (QED) is 0.765. The Morgan fingerprint density at radius 3 is 2.52 bits per heavy atom. The lowest BCUT2D eigenvalue weighted by Crippen LogP contribution is -2.42. The lowest BCUT2D eigenvalue weighted by molar-refractivity contribution is -0.141. The Labute approximate surface area is 160 Å². The number of rotatable bonds is 7. The monoisotopic (exact) mass is 365 g/mol. The number of amides is 2. The first-order valence-corrected chi connectivity index (χ1v) is 9.52. The van der Waals surface area contributed by atoms with E-state index in [1.807, 2.05) is 37.3 Å². The van der Waals surface area contributed by atoms with Gasteiger partial charge >= 0.3 is 0 Å². The van der Waals surface area contributed by atoms with E-state index in [2.05, 4.69) is 17.2 Å². The molecule has 1 aromatic heterocycles. The van der Waals surface area contributed by atoms with E-state index < -0.39 is 5.41 Å². The van der Waals surface area contributed by atoms with Gasteiger partial charge in [-0.1, -0.05) is 25.1 Å². The molecule has 27 heavy (non-hydrogen) atoms. The molecule has 1 aliphatic rings. The van der Waals surface area contributed by atoms with Gasteiger partial charge in [-0.05, 0) is 61.4 Å². The number of nitrogens with zero attached hydrogens (tertiary/aromatic N) is 2. The number of pyridine rings is 1. The molecule has 1 aromatic carbocycles. The molecule has 2 aromatic rings. The predicted molar refractivity (Wildman–Crippen MR) is 106 cm³/mol. The fourth-order valence-electron chi connectivity index (χ4n) is 3.41. The van der Waals surface area contributed by atoms with Crippen LogP contribution in [-0.4, -0.2) is 35.3 Å². The molecule has 0 spiro atoms. The SMILES string of the molecule is CCc1cccc(C)c1NC(=O)C1(C(=O)N(C)CCc2ccncc2)CC1. The molecule has 0 saturated heterocycles. The average molecular weight is 365 g/mol. The van der Waals surface area contributed by atoms with Gasteiger partial charge in [0, 0.05) is 31.7 Å². The van der Waals surface area contributed by atoms with Gasteiger partial charge < -0.3 is 10.2 Å². The van der Waals surface area contributed by atoms with Crippen LogP contribution in [0.3, 0.4) is 0 Å². The van der Waals surface area contributed by atoms with Gasteiger partial charge in [-0.3, -0.25) is 14.6 Å². The second kappa shape index (κ2) is 7.91. The number of carbonyl (C=O) groups excluding carboxylic acids is 2. The maximum absolute atomic E-state index is 13.0. The molecule has 1 N–H and O–H groups in total. The van der Waals surface area contributed by atoms with Crippen LogP contribution in [0, 0.1) is 12.3 Å². The highest BCUT2D eigenvalue weighted by molar-refractivity contribution is 6.13. The Morgan fingerprint density at radius 1 is 1.19 bits per heavy atom. The zero-order valence-corrected chi connectivity index (χ0v) is 16.3. The average Bonchev–Trinajstić information content (AvgIpc) is 3.50. The largest absolute Gasteiger partial charge is 0.344 e. The van der Waals surface area contributed by atoms with Gasteiger partial charge in [-0.2, -0.15) is 0 Å². The first-order chi connectivity index (χ1) is 13.0. The van der Waals surface area contributed by atoms with Gasteiger partial charge in [0.25, 0.3) is 0 Å². The summed E-state index contributed by atoms with van der Waals surface area (Å²) in [7, 11) is 1.78. The number of anilines is 1. The number of likely N-dealkylation sites (N-methyl/N-ethyl adjacent to an activating group) is 1. The molecular weight excluding hydrogens is 338 g/mol. The number of nitrogens with one attached hydrogen (secondary N) is 1. The van der Waals surface area contributed by atoms with Crippen LogP contribution in [0.5, 0.6) is 0 Å². The van der Waals surface area contributed by atoms with Crippen molar-refractivity contribution < 1.29 is 9.59 Å². The molecule has 0 radical (unpaired) electrons. The Hall–Kier alpha value is -2.69. The maximum atomic E-state index is 13.0. The van der Waals surface area contributed by atoms with Crippen molar-refractivity contribution in [2.24, 2.45) is 5.41 Å². The highest BCUT2D eigenvalue weighted by atomic mass is 16.2. The van der Waals surface area contributed by atoms with E-state index in [0.29, 0.717) is 19.4 Å².